The SMILES string of the molecule is COCCNCc1cc(C)nc2cc(C)c(C)cc12. The van der Waals surface area contributed by atoms with E-state index in [-0.39, 0.29) is 0 Å². The van der Waals surface area contributed by atoms with Crippen molar-refractivity contribution >= 4 is 10.9 Å². The van der Waals surface area contributed by atoms with Crippen molar-refractivity contribution in [3.8, 4) is 0 Å². The van der Waals surface area contributed by atoms with Crippen molar-refractivity contribution in [3.63, 3.8) is 0 Å². The second-order valence-electron chi connectivity index (χ2n) is 5.05. The molecule has 102 valence electrons. The van der Waals surface area contributed by atoms with Gasteiger partial charge in [-0.25, -0.2) is 0 Å². The van der Waals surface area contributed by atoms with Gasteiger partial charge in [0.2, 0.25) is 0 Å². The summed E-state index contributed by atoms with van der Waals surface area (Å²) in [5.41, 5.74) is 6.08. The van der Waals surface area contributed by atoms with Gasteiger partial charge < -0.3 is 10.1 Å². The Morgan fingerprint density at radius 2 is 1.84 bits per heavy atom. The molecule has 19 heavy (non-hydrogen) atoms. The van der Waals surface area contributed by atoms with Crippen molar-refractivity contribution in [2.75, 3.05) is 20.3 Å². The predicted octanol–water partition coefficient (Wildman–Crippen LogP) is 2.90. The van der Waals surface area contributed by atoms with E-state index < -0.39 is 0 Å². The Kier molecular flexibility index (Phi) is 4.51. The first-order chi connectivity index (χ1) is 9.11. The summed E-state index contributed by atoms with van der Waals surface area (Å²) in [5, 5.41) is 4.65. The highest BCUT2D eigenvalue weighted by molar-refractivity contribution is 5.84. The molecule has 0 saturated heterocycles. The summed E-state index contributed by atoms with van der Waals surface area (Å²) in [6.45, 7) is 8.79. The number of methoxy groups -OCH3 is 1. The van der Waals surface area contributed by atoms with Crippen molar-refractivity contribution < 1.29 is 4.74 Å². The highest BCUT2D eigenvalue weighted by atomic mass is 16.5. The molecule has 0 spiro atoms. The van der Waals surface area contributed by atoms with E-state index >= 15 is 0 Å². The van der Waals surface area contributed by atoms with Crippen LogP contribution < -0.4 is 5.32 Å². The van der Waals surface area contributed by atoms with Crippen molar-refractivity contribution in [3.05, 3.63) is 40.6 Å². The number of ether oxygens (including phenoxy) is 1. The molecule has 1 N–H and O–H groups in total. The molecule has 0 aliphatic heterocycles. The van der Waals surface area contributed by atoms with Gasteiger partial charge in [0.1, 0.15) is 0 Å². The quantitative estimate of drug-likeness (QED) is 0.837. The van der Waals surface area contributed by atoms with E-state index in [1.165, 1.54) is 22.1 Å². The minimum atomic E-state index is 0.736. The van der Waals surface area contributed by atoms with Gasteiger partial charge in [-0.1, -0.05) is 0 Å². The lowest BCUT2D eigenvalue weighted by atomic mass is 10.0. The smallest absolute Gasteiger partial charge is 0.0711 e. The van der Waals surface area contributed by atoms with E-state index in [9.17, 15) is 0 Å². The predicted molar refractivity (Wildman–Crippen MR) is 79.5 cm³/mol. The van der Waals surface area contributed by atoms with Crippen molar-refractivity contribution in [1.82, 2.24) is 10.3 Å². The summed E-state index contributed by atoms with van der Waals surface area (Å²) < 4.78 is 5.05. The fourth-order valence-electron chi connectivity index (χ4n) is 2.25. The molecule has 0 atom stereocenters. The highest BCUT2D eigenvalue weighted by Crippen LogP contribution is 2.22. The second-order valence-corrected chi connectivity index (χ2v) is 5.05. The number of hydrogen-bond acceptors (Lipinski definition) is 3. The molecule has 0 aliphatic rings. The third-order valence-corrected chi connectivity index (χ3v) is 3.44. The Bertz CT molecular complexity index is 578. The van der Waals surface area contributed by atoms with E-state index in [1.54, 1.807) is 7.11 Å². The monoisotopic (exact) mass is 258 g/mol. The normalized spacial score (nSPS) is 11.2. The van der Waals surface area contributed by atoms with Gasteiger partial charge in [0.25, 0.3) is 0 Å². The van der Waals surface area contributed by atoms with Crippen LogP contribution in [0, 0.1) is 20.8 Å². The number of hydrogen-bond donors (Lipinski definition) is 1. The average Bonchev–Trinajstić information content (AvgIpc) is 2.36. The maximum absolute atomic E-state index is 5.05. The van der Waals surface area contributed by atoms with Crippen LogP contribution in [0.5, 0.6) is 0 Å². The van der Waals surface area contributed by atoms with Crippen LogP contribution >= 0.6 is 0 Å². The number of nitrogens with one attached hydrogen (secondary N) is 1. The van der Waals surface area contributed by atoms with Crippen LogP contribution in [0.3, 0.4) is 0 Å². The Hall–Kier alpha value is -1.45. The molecular weight excluding hydrogens is 236 g/mol. The number of aromatic nitrogens is 1. The van der Waals surface area contributed by atoms with Crippen LogP contribution in [0.25, 0.3) is 10.9 Å². The topological polar surface area (TPSA) is 34.1 Å². The van der Waals surface area contributed by atoms with Gasteiger partial charge in [0.15, 0.2) is 0 Å². The minimum absolute atomic E-state index is 0.736. The van der Waals surface area contributed by atoms with Crippen LogP contribution in [-0.4, -0.2) is 25.2 Å². The molecule has 0 aliphatic carbocycles. The molecule has 3 nitrogen and oxygen atoms in total. The lowest BCUT2D eigenvalue weighted by Crippen LogP contribution is -2.18. The average molecular weight is 258 g/mol. The molecule has 1 aromatic heterocycles. The van der Waals surface area contributed by atoms with Gasteiger partial charge in [0, 0.05) is 31.3 Å². The fraction of sp³-hybridized carbons (Fsp3) is 0.438. The maximum Gasteiger partial charge on any atom is 0.0711 e. The minimum Gasteiger partial charge on any atom is -0.383 e. The first-order valence-electron chi connectivity index (χ1n) is 6.69. The number of fused-ring (bicyclic) bond motifs is 1. The van der Waals surface area contributed by atoms with Gasteiger partial charge in [-0.3, -0.25) is 4.98 Å². The summed E-state index contributed by atoms with van der Waals surface area (Å²) in [6, 6.07) is 6.58. The molecule has 1 aromatic carbocycles. The van der Waals surface area contributed by atoms with Gasteiger partial charge in [0.05, 0.1) is 12.1 Å². The van der Waals surface area contributed by atoms with Crippen LogP contribution in [0.15, 0.2) is 18.2 Å². The lowest BCUT2D eigenvalue weighted by Gasteiger charge is -2.11. The van der Waals surface area contributed by atoms with Crippen LogP contribution in [0.2, 0.25) is 0 Å². The standard InChI is InChI=1S/C16H22N2O/c1-11-7-15-14(10-17-5-6-19-4)9-13(3)18-16(15)8-12(11)2/h7-9,17H,5-6,10H2,1-4H3. The third-order valence-electron chi connectivity index (χ3n) is 3.44. The van der Waals surface area contributed by atoms with Gasteiger partial charge in [-0.2, -0.15) is 0 Å². The largest absolute Gasteiger partial charge is 0.383 e. The summed E-state index contributed by atoms with van der Waals surface area (Å²) in [6.07, 6.45) is 0. The summed E-state index contributed by atoms with van der Waals surface area (Å²) in [5.74, 6) is 0. The number of pyridine rings is 1. The molecule has 0 unspecified atom stereocenters. The Labute approximate surface area is 115 Å². The molecule has 0 radical (unpaired) electrons. The maximum atomic E-state index is 5.05. The molecule has 1 heterocycles. The number of benzene rings is 1. The second kappa shape index (κ2) is 6.13. The van der Waals surface area contributed by atoms with Crippen molar-refractivity contribution in [2.45, 2.75) is 27.3 Å². The fourth-order valence-corrected chi connectivity index (χ4v) is 2.25. The zero-order valence-corrected chi connectivity index (χ0v) is 12.2. The van der Waals surface area contributed by atoms with Gasteiger partial charge in [-0.05, 0) is 55.7 Å². The summed E-state index contributed by atoms with van der Waals surface area (Å²) in [4.78, 5) is 4.63. The van der Waals surface area contributed by atoms with Crippen molar-refractivity contribution in [2.24, 2.45) is 0 Å². The number of rotatable bonds is 5. The van der Waals surface area contributed by atoms with Crippen LogP contribution in [-0.2, 0) is 11.3 Å². The summed E-state index contributed by atoms with van der Waals surface area (Å²) >= 11 is 0. The summed E-state index contributed by atoms with van der Waals surface area (Å²) in [7, 11) is 1.72. The lowest BCUT2D eigenvalue weighted by molar-refractivity contribution is 0.199. The molecule has 0 fully saturated rings. The van der Waals surface area contributed by atoms with E-state index in [1.807, 2.05) is 6.92 Å². The van der Waals surface area contributed by atoms with Crippen LogP contribution in [0.4, 0.5) is 0 Å². The van der Waals surface area contributed by atoms with E-state index in [0.29, 0.717) is 0 Å². The first-order valence-corrected chi connectivity index (χ1v) is 6.69. The van der Waals surface area contributed by atoms with Gasteiger partial charge >= 0.3 is 0 Å². The molecule has 2 rings (SSSR count). The van der Waals surface area contributed by atoms with Crippen LogP contribution in [0.1, 0.15) is 22.4 Å². The number of nitrogens with zero attached hydrogens (tertiary/aromatic N) is 1. The molecule has 0 saturated carbocycles. The number of aryl methyl sites for hydroxylation is 3. The van der Waals surface area contributed by atoms with Gasteiger partial charge in [-0.15, -0.1) is 0 Å². The molecule has 2 aromatic rings. The molecule has 3 heteroatoms. The Morgan fingerprint density at radius 3 is 2.58 bits per heavy atom. The van der Waals surface area contributed by atoms with E-state index in [4.69, 9.17) is 4.74 Å². The molecule has 0 amide bonds. The first kappa shape index (κ1) is 14.0. The zero-order valence-electron chi connectivity index (χ0n) is 12.2. The van der Waals surface area contributed by atoms with Crippen molar-refractivity contribution in [1.29, 1.82) is 0 Å². The third kappa shape index (κ3) is 3.31. The Morgan fingerprint density at radius 1 is 1.11 bits per heavy atom. The highest BCUT2D eigenvalue weighted by Gasteiger charge is 2.06. The van der Waals surface area contributed by atoms with E-state index in [0.717, 1.165) is 30.9 Å². The zero-order chi connectivity index (χ0) is 13.8. The molecule has 0 bridgehead atoms. The molecular formula is C16H22N2O. The van der Waals surface area contributed by atoms with E-state index in [2.05, 4.69) is 42.3 Å². The Balaban J connectivity index is 2.33.